The number of benzene rings is 2. The van der Waals surface area contributed by atoms with Gasteiger partial charge < -0.3 is 24.5 Å². The molecule has 10 heteroatoms. The summed E-state index contributed by atoms with van der Waals surface area (Å²) in [4.78, 5) is 22.0. The van der Waals surface area contributed by atoms with E-state index in [2.05, 4.69) is 24.0 Å². The van der Waals surface area contributed by atoms with Gasteiger partial charge >= 0.3 is 19.3 Å². The van der Waals surface area contributed by atoms with Crippen molar-refractivity contribution in [1.82, 2.24) is 4.57 Å². The molecule has 0 fully saturated rings. The monoisotopic (exact) mass is 412 g/mol. The van der Waals surface area contributed by atoms with Gasteiger partial charge in [0.25, 0.3) is 0 Å². The SMILES string of the molecule is CCn1cc[n+](C)c1.O=C(O)c1ccccc1OB([O-])Oc1ccccc1C(=O)O. The molecule has 0 saturated carbocycles. The molecule has 0 radical (unpaired) electrons. The van der Waals surface area contributed by atoms with Crippen LogP contribution in [0.3, 0.4) is 0 Å². The molecule has 0 atom stereocenters. The highest BCUT2D eigenvalue weighted by Gasteiger charge is 2.16. The van der Waals surface area contributed by atoms with E-state index in [-0.39, 0.29) is 22.6 Å². The quantitative estimate of drug-likeness (QED) is 0.442. The molecule has 0 bridgehead atoms. The first-order chi connectivity index (χ1) is 14.3. The molecule has 3 rings (SSSR count). The first kappa shape index (κ1) is 22.5. The number of hydrogen-bond acceptors (Lipinski definition) is 5. The lowest BCUT2D eigenvalue weighted by atomic mass is 10.1. The van der Waals surface area contributed by atoms with Crippen molar-refractivity contribution in [3.8, 4) is 11.5 Å². The molecule has 0 aliphatic carbocycles. The van der Waals surface area contributed by atoms with Gasteiger partial charge in [-0.2, -0.15) is 0 Å². The van der Waals surface area contributed by atoms with Gasteiger partial charge in [0, 0.05) is 0 Å². The van der Waals surface area contributed by atoms with Crippen LogP contribution in [-0.4, -0.2) is 34.0 Å². The van der Waals surface area contributed by atoms with E-state index in [1.54, 1.807) is 0 Å². The fourth-order valence-corrected chi connectivity index (χ4v) is 2.41. The Labute approximate surface area is 173 Å². The number of imidazole rings is 1. The van der Waals surface area contributed by atoms with Crippen molar-refractivity contribution in [2.45, 2.75) is 13.5 Å². The third-order valence-corrected chi connectivity index (χ3v) is 3.87. The van der Waals surface area contributed by atoms with E-state index in [1.165, 1.54) is 48.5 Å². The lowest BCUT2D eigenvalue weighted by molar-refractivity contribution is -0.671. The second kappa shape index (κ2) is 10.7. The normalized spacial score (nSPS) is 9.83. The van der Waals surface area contributed by atoms with Crippen molar-refractivity contribution >= 4 is 19.3 Å². The number of para-hydroxylation sites is 2. The Morgan fingerprint density at radius 1 is 1.00 bits per heavy atom. The van der Waals surface area contributed by atoms with Gasteiger partial charge in [0.1, 0.15) is 23.9 Å². The van der Waals surface area contributed by atoms with Gasteiger partial charge in [-0.3, -0.25) is 0 Å². The predicted molar refractivity (Wildman–Crippen MR) is 105 cm³/mol. The maximum atomic E-state index is 11.8. The number of rotatable bonds is 7. The van der Waals surface area contributed by atoms with Gasteiger partial charge in [-0.05, 0) is 31.2 Å². The Hall–Kier alpha value is -3.79. The first-order valence-electron chi connectivity index (χ1n) is 8.96. The Morgan fingerprint density at radius 2 is 1.47 bits per heavy atom. The minimum Gasteiger partial charge on any atom is -0.808 e. The number of hydrogen-bond donors (Lipinski definition) is 2. The standard InChI is InChI=1S/C14H10BO7.C6H11N2/c16-13(17)9-5-1-3-7-11(9)21-15(20)22-12-8-4-2-6-10(12)14(18)19;1-3-8-5-4-7(2)6-8/h1-8H,(H,16,17)(H,18,19);4-6H,3H2,1-2H3/q-1;+1. The minimum absolute atomic E-state index is 0.164. The van der Waals surface area contributed by atoms with E-state index in [9.17, 15) is 14.6 Å². The summed E-state index contributed by atoms with van der Waals surface area (Å²) in [6.07, 6.45) is 6.14. The lowest BCUT2D eigenvalue weighted by Gasteiger charge is -2.22. The summed E-state index contributed by atoms with van der Waals surface area (Å²) in [6.45, 7) is 3.18. The van der Waals surface area contributed by atoms with Crippen LogP contribution in [0.4, 0.5) is 0 Å². The molecule has 30 heavy (non-hydrogen) atoms. The molecule has 1 aromatic heterocycles. The van der Waals surface area contributed by atoms with Crippen LogP contribution in [0.2, 0.25) is 0 Å². The Balaban J connectivity index is 0.000000335. The molecule has 0 saturated heterocycles. The van der Waals surface area contributed by atoms with Crippen molar-refractivity contribution in [3.05, 3.63) is 78.4 Å². The van der Waals surface area contributed by atoms with Crippen molar-refractivity contribution in [1.29, 1.82) is 0 Å². The van der Waals surface area contributed by atoms with Crippen LogP contribution in [-0.2, 0) is 13.6 Å². The fourth-order valence-electron chi connectivity index (χ4n) is 2.41. The smallest absolute Gasteiger partial charge is 0.492 e. The third-order valence-electron chi connectivity index (χ3n) is 3.87. The molecule has 0 spiro atoms. The molecule has 2 aromatic carbocycles. The highest BCUT2D eigenvalue weighted by atomic mass is 16.7. The van der Waals surface area contributed by atoms with Crippen LogP contribution >= 0.6 is 0 Å². The lowest BCUT2D eigenvalue weighted by Crippen LogP contribution is -2.44. The summed E-state index contributed by atoms with van der Waals surface area (Å²) in [7, 11) is -0.0902. The first-order valence-corrected chi connectivity index (χ1v) is 8.96. The summed E-state index contributed by atoms with van der Waals surface area (Å²) in [5.41, 5.74) is -0.392. The Bertz CT molecular complexity index is 947. The second-order valence-electron chi connectivity index (χ2n) is 6.04. The highest BCUT2D eigenvalue weighted by Crippen LogP contribution is 2.21. The van der Waals surface area contributed by atoms with Crippen molar-refractivity contribution in [3.63, 3.8) is 0 Å². The molecule has 3 aromatic rings. The van der Waals surface area contributed by atoms with Gasteiger partial charge in [0.05, 0.1) is 24.7 Å². The summed E-state index contributed by atoms with van der Waals surface area (Å²) >= 11 is 0. The van der Waals surface area contributed by atoms with Crippen LogP contribution < -0.4 is 18.9 Å². The second-order valence-corrected chi connectivity index (χ2v) is 6.04. The third kappa shape index (κ3) is 6.38. The zero-order chi connectivity index (χ0) is 22.1. The fraction of sp³-hybridized carbons (Fsp3) is 0.150. The van der Waals surface area contributed by atoms with Gasteiger partial charge in [-0.25, -0.2) is 18.7 Å². The Morgan fingerprint density at radius 3 is 1.80 bits per heavy atom. The van der Waals surface area contributed by atoms with Gasteiger partial charge in [-0.15, -0.1) is 0 Å². The molecule has 9 nitrogen and oxygen atoms in total. The maximum Gasteiger partial charge on any atom is 0.492 e. The van der Waals surface area contributed by atoms with E-state index < -0.39 is 19.3 Å². The predicted octanol–water partition coefficient (Wildman–Crippen LogP) is 1.22. The summed E-state index contributed by atoms with van der Waals surface area (Å²) in [5, 5.41) is 29.8. The van der Waals surface area contributed by atoms with E-state index in [0.717, 1.165) is 6.54 Å². The topological polar surface area (TPSA) is 125 Å². The van der Waals surface area contributed by atoms with Gasteiger partial charge in [-0.1, -0.05) is 24.3 Å². The molecule has 0 unspecified atom stereocenters. The molecule has 2 N–H and O–H groups in total. The molecule has 156 valence electrons. The number of nitrogens with zero attached hydrogens (tertiary/aromatic N) is 2. The Kier molecular flexibility index (Phi) is 8.01. The zero-order valence-corrected chi connectivity index (χ0v) is 16.5. The average molecular weight is 412 g/mol. The van der Waals surface area contributed by atoms with Crippen LogP contribution in [0.15, 0.2) is 67.3 Å². The number of aromatic nitrogens is 2. The van der Waals surface area contributed by atoms with Crippen molar-refractivity contribution < 1.29 is 38.7 Å². The molecular formula is C20H21BN2O7. The minimum atomic E-state index is -2.11. The molecule has 0 amide bonds. The van der Waals surface area contributed by atoms with Crippen LogP contribution in [0, 0.1) is 0 Å². The largest absolute Gasteiger partial charge is 0.808 e. The molecule has 0 aliphatic rings. The summed E-state index contributed by atoms with van der Waals surface area (Å²) in [6, 6.07) is 11.1. The van der Waals surface area contributed by atoms with Gasteiger partial charge in [0.15, 0.2) is 0 Å². The molecular weight excluding hydrogens is 391 g/mol. The maximum absolute atomic E-state index is 11.8. The van der Waals surface area contributed by atoms with Crippen LogP contribution in [0.25, 0.3) is 0 Å². The van der Waals surface area contributed by atoms with E-state index in [0.29, 0.717) is 0 Å². The van der Waals surface area contributed by atoms with Gasteiger partial charge in [0.2, 0.25) is 6.33 Å². The summed E-state index contributed by atoms with van der Waals surface area (Å²) in [5.74, 6) is -2.84. The number of carbonyl (C=O) groups is 2. The van der Waals surface area contributed by atoms with E-state index >= 15 is 0 Å². The summed E-state index contributed by atoms with van der Waals surface area (Å²) < 4.78 is 13.9. The van der Waals surface area contributed by atoms with Crippen molar-refractivity contribution in [2.24, 2.45) is 7.05 Å². The van der Waals surface area contributed by atoms with Crippen LogP contribution in [0.5, 0.6) is 11.5 Å². The average Bonchev–Trinajstić information content (AvgIpc) is 3.14. The number of aromatic carboxylic acids is 2. The van der Waals surface area contributed by atoms with Crippen molar-refractivity contribution in [2.75, 3.05) is 0 Å². The number of aryl methyl sites for hydroxylation is 2. The number of carboxylic acids is 2. The van der Waals surface area contributed by atoms with E-state index in [4.69, 9.17) is 19.5 Å². The molecule has 1 heterocycles. The highest BCUT2D eigenvalue weighted by molar-refractivity contribution is 6.35. The zero-order valence-electron chi connectivity index (χ0n) is 16.5. The molecule has 0 aliphatic heterocycles. The van der Waals surface area contributed by atoms with Crippen LogP contribution in [0.1, 0.15) is 27.6 Å². The van der Waals surface area contributed by atoms with E-state index in [1.807, 2.05) is 17.8 Å². The number of carboxylic acid groups (broad SMARTS) is 2.